The molecular weight excluding hydrogens is 561 g/mol. The molecule has 35 heavy (non-hydrogen) atoms. The summed E-state index contributed by atoms with van der Waals surface area (Å²) in [5.41, 5.74) is -1.77. The Morgan fingerprint density at radius 3 is 1.11 bits per heavy atom. The van der Waals surface area contributed by atoms with Crippen LogP contribution >= 0.6 is 0 Å². The fraction of sp³-hybridized carbons (Fsp3) is 0.786. The van der Waals surface area contributed by atoms with Crippen molar-refractivity contribution in [3.8, 4) is 0 Å². The van der Waals surface area contributed by atoms with Gasteiger partial charge in [0, 0.05) is 12.0 Å². The smallest absolute Gasteiger partial charge is 0.460 e. The number of aliphatic carboxylic acids is 1. The van der Waals surface area contributed by atoms with Crippen LogP contribution in [0.3, 0.4) is 0 Å². The lowest BCUT2D eigenvalue weighted by Crippen LogP contribution is -2.74. The minimum absolute atomic E-state index is 1.77. The zero-order valence-corrected chi connectivity index (χ0v) is 15.7. The predicted octanol–water partition coefficient (Wildman–Crippen LogP) is 7.05. The first kappa shape index (κ1) is 32.9. The van der Waals surface area contributed by atoms with E-state index in [1.165, 1.54) is 0 Å². The van der Waals surface area contributed by atoms with Crippen LogP contribution in [0.4, 0.5) is 83.4 Å². The van der Waals surface area contributed by atoms with E-state index < -0.39 is 77.9 Å². The summed E-state index contributed by atoms with van der Waals surface area (Å²) in [6.45, 7) is 2.30. The molecule has 0 unspecified atom stereocenters. The molecular formula is C14H7F19O2. The molecule has 0 aromatic rings. The van der Waals surface area contributed by atoms with Gasteiger partial charge in [0.15, 0.2) is 0 Å². The highest BCUT2D eigenvalue weighted by Crippen LogP contribution is 2.64. The molecule has 0 aromatic heterocycles. The van der Waals surface area contributed by atoms with Crippen LogP contribution in [-0.4, -0.2) is 64.6 Å². The molecule has 0 fully saturated rings. The molecule has 0 rings (SSSR count). The van der Waals surface area contributed by atoms with Gasteiger partial charge in [-0.25, -0.2) is 13.6 Å². The second kappa shape index (κ2) is 8.48. The van der Waals surface area contributed by atoms with Crippen molar-refractivity contribution in [1.82, 2.24) is 0 Å². The lowest BCUT2D eigenvalue weighted by atomic mass is 9.87. The van der Waals surface area contributed by atoms with Crippen LogP contribution < -0.4 is 0 Å². The minimum atomic E-state index is -8.88. The van der Waals surface area contributed by atoms with Gasteiger partial charge in [-0.3, -0.25) is 0 Å². The molecule has 2 nitrogen and oxygen atoms in total. The number of rotatable bonds is 11. The summed E-state index contributed by atoms with van der Waals surface area (Å²) in [4.78, 5) is 10.3. The topological polar surface area (TPSA) is 37.3 Å². The third-order valence-corrected chi connectivity index (χ3v) is 4.04. The monoisotopic (exact) mass is 568 g/mol. The molecule has 21 heteroatoms. The van der Waals surface area contributed by atoms with Gasteiger partial charge in [-0.05, 0) is 0 Å². The molecule has 0 radical (unpaired) electrons. The van der Waals surface area contributed by atoms with Crippen molar-refractivity contribution in [2.75, 3.05) is 0 Å². The Hall–Kier alpha value is -2.12. The second-order valence-electron chi connectivity index (χ2n) is 6.77. The van der Waals surface area contributed by atoms with E-state index in [0.29, 0.717) is 0 Å². The lowest BCUT2D eigenvalue weighted by molar-refractivity contribution is -0.462. The Labute approximate surface area is 179 Å². The van der Waals surface area contributed by atoms with E-state index in [0.717, 1.165) is 0 Å². The average molecular weight is 568 g/mol. The van der Waals surface area contributed by atoms with Crippen molar-refractivity contribution in [3.05, 3.63) is 12.2 Å². The van der Waals surface area contributed by atoms with Crippen molar-refractivity contribution in [3.63, 3.8) is 0 Å². The molecule has 0 amide bonds. The number of carboxylic acids is 1. The highest BCUT2D eigenvalue weighted by Gasteiger charge is 2.95. The summed E-state index contributed by atoms with van der Waals surface area (Å²) >= 11 is 0. The van der Waals surface area contributed by atoms with Gasteiger partial charge in [0.25, 0.3) is 5.92 Å². The van der Waals surface area contributed by atoms with E-state index in [9.17, 15) is 88.2 Å². The minimum Gasteiger partial charge on any atom is -0.478 e. The van der Waals surface area contributed by atoms with Crippen molar-refractivity contribution in [1.29, 1.82) is 0 Å². The van der Waals surface area contributed by atoms with Gasteiger partial charge in [0.2, 0.25) is 0 Å². The van der Waals surface area contributed by atoms with Crippen LogP contribution in [0.5, 0.6) is 0 Å². The van der Waals surface area contributed by atoms with Crippen LogP contribution in [0.25, 0.3) is 0 Å². The highest BCUT2D eigenvalue weighted by atomic mass is 19.4. The molecule has 0 spiro atoms. The first-order valence-electron chi connectivity index (χ1n) is 7.79. The zero-order valence-electron chi connectivity index (χ0n) is 15.7. The summed E-state index contributed by atoms with van der Waals surface area (Å²) in [6.07, 6.45) is -14.5. The molecule has 1 N–H and O–H groups in total. The van der Waals surface area contributed by atoms with Gasteiger partial charge in [0.1, 0.15) is 0 Å². The van der Waals surface area contributed by atoms with Crippen LogP contribution in [0.2, 0.25) is 0 Å². The number of alkyl halides is 19. The Morgan fingerprint density at radius 1 is 0.543 bits per heavy atom. The van der Waals surface area contributed by atoms with Gasteiger partial charge in [-0.15, -0.1) is 0 Å². The summed E-state index contributed by atoms with van der Waals surface area (Å²) in [5.74, 6) is -67.1. The third-order valence-electron chi connectivity index (χ3n) is 4.04. The first-order chi connectivity index (χ1) is 14.8. The highest BCUT2D eigenvalue weighted by molar-refractivity contribution is 5.85. The van der Waals surface area contributed by atoms with Crippen molar-refractivity contribution in [2.24, 2.45) is 0 Å². The largest absolute Gasteiger partial charge is 0.478 e. The Kier molecular flexibility index (Phi) is 7.96. The van der Waals surface area contributed by atoms with E-state index in [-0.39, 0.29) is 0 Å². The molecule has 0 aromatic carbocycles. The summed E-state index contributed by atoms with van der Waals surface area (Å²) in [5, 5.41) is 8.24. The standard InChI is InChI=1S/C14H7F19O2/c1-4(5(34)35)2-6(15,16)3-7(17,18)8(19,20)9(21,22)10(23,24)11(25,26)12(27,28)13(29,30)14(31,32)33/h1-3H2,(H,34,35). The summed E-state index contributed by atoms with van der Waals surface area (Å²) in [6, 6.07) is 0. The van der Waals surface area contributed by atoms with Gasteiger partial charge < -0.3 is 5.11 Å². The van der Waals surface area contributed by atoms with E-state index >= 15 is 0 Å². The Morgan fingerprint density at radius 2 is 0.829 bits per heavy atom. The van der Waals surface area contributed by atoms with E-state index in [1.54, 1.807) is 0 Å². The maximum absolute atomic E-state index is 13.5. The van der Waals surface area contributed by atoms with Gasteiger partial charge in [-0.2, -0.15) is 74.6 Å². The lowest BCUT2D eigenvalue weighted by Gasteiger charge is -2.43. The number of carboxylic acid groups (broad SMARTS) is 1. The quantitative estimate of drug-likeness (QED) is 0.214. The van der Waals surface area contributed by atoms with Crippen molar-refractivity contribution < 1.29 is 93.3 Å². The number of halogens is 19. The van der Waals surface area contributed by atoms with E-state index in [1.807, 2.05) is 0 Å². The summed E-state index contributed by atoms with van der Waals surface area (Å²) in [7, 11) is 0. The summed E-state index contributed by atoms with van der Waals surface area (Å²) < 4.78 is 248. The van der Waals surface area contributed by atoms with Crippen LogP contribution in [-0.2, 0) is 4.79 Å². The van der Waals surface area contributed by atoms with Crippen LogP contribution in [0, 0.1) is 0 Å². The SMILES string of the molecule is C=C(CC(F)(F)CC(F)(F)C(F)(F)C(F)(F)C(F)(F)C(F)(F)C(F)(F)C(F)(F)C(F)(F)F)C(=O)O. The van der Waals surface area contributed by atoms with Crippen molar-refractivity contribution in [2.45, 2.75) is 66.4 Å². The normalized spacial score (nSPS) is 15.9. The molecule has 0 saturated carbocycles. The molecule has 0 aliphatic carbocycles. The Bertz CT molecular complexity index is 822. The van der Waals surface area contributed by atoms with Crippen molar-refractivity contribution >= 4 is 5.97 Å². The zero-order chi connectivity index (χ0) is 29.1. The number of hydrogen-bond acceptors (Lipinski definition) is 1. The molecule has 0 aliphatic heterocycles. The molecule has 0 bridgehead atoms. The fourth-order valence-electron chi connectivity index (χ4n) is 2.08. The predicted molar refractivity (Wildman–Crippen MR) is 71.6 cm³/mol. The molecule has 208 valence electrons. The maximum Gasteiger partial charge on any atom is 0.460 e. The number of carbonyl (C=O) groups is 1. The van der Waals surface area contributed by atoms with Crippen LogP contribution in [0.15, 0.2) is 12.2 Å². The fourth-order valence-corrected chi connectivity index (χ4v) is 2.08. The van der Waals surface area contributed by atoms with Gasteiger partial charge >= 0.3 is 53.6 Å². The van der Waals surface area contributed by atoms with Gasteiger partial charge in [0.05, 0.1) is 6.42 Å². The van der Waals surface area contributed by atoms with Crippen LogP contribution in [0.1, 0.15) is 12.8 Å². The third kappa shape index (κ3) is 4.94. The molecule has 0 aliphatic rings. The second-order valence-corrected chi connectivity index (χ2v) is 6.77. The first-order valence-corrected chi connectivity index (χ1v) is 7.79. The van der Waals surface area contributed by atoms with E-state index in [4.69, 9.17) is 5.11 Å². The molecule has 0 atom stereocenters. The molecule has 0 heterocycles. The van der Waals surface area contributed by atoms with Gasteiger partial charge in [-0.1, -0.05) is 6.58 Å². The average Bonchev–Trinajstić information content (AvgIpc) is 2.57. The van der Waals surface area contributed by atoms with E-state index in [2.05, 4.69) is 6.58 Å². The maximum atomic E-state index is 13.5. The number of hydrogen-bond donors (Lipinski definition) is 1. The Balaban J connectivity index is 6.64. The molecule has 0 saturated heterocycles.